The standard InChI is InChI=1S/C23H24FN3O/c1-17-4-2-5-18(10-17)13-26-9-8-23(15-26)16-27-21(12-25-22(27)14-28-23)19-6-3-7-20(24)11-19/h2-7,10-12H,8-9,13-16H2,1H3/t23-/m0/s1. The van der Waals surface area contributed by atoms with Crippen molar-refractivity contribution >= 4 is 0 Å². The summed E-state index contributed by atoms with van der Waals surface area (Å²) < 4.78 is 22.2. The Balaban J connectivity index is 1.36. The van der Waals surface area contributed by atoms with Gasteiger partial charge in [-0.2, -0.15) is 0 Å². The van der Waals surface area contributed by atoms with Crippen LogP contribution in [-0.2, 0) is 24.4 Å². The Bertz CT molecular complexity index is 1010. The third kappa shape index (κ3) is 3.25. The molecule has 5 rings (SSSR count). The first-order valence-corrected chi connectivity index (χ1v) is 9.82. The summed E-state index contributed by atoms with van der Waals surface area (Å²) in [5, 5.41) is 0. The van der Waals surface area contributed by atoms with Crippen LogP contribution in [0.1, 0.15) is 23.4 Å². The van der Waals surface area contributed by atoms with Crippen LogP contribution in [0.3, 0.4) is 0 Å². The molecule has 3 aromatic rings. The fourth-order valence-corrected chi connectivity index (χ4v) is 4.51. The lowest BCUT2D eigenvalue weighted by molar-refractivity contribution is -0.0821. The summed E-state index contributed by atoms with van der Waals surface area (Å²) >= 11 is 0. The number of nitrogens with zero attached hydrogens (tertiary/aromatic N) is 3. The van der Waals surface area contributed by atoms with Gasteiger partial charge in [-0.3, -0.25) is 4.90 Å². The van der Waals surface area contributed by atoms with Gasteiger partial charge in [0.1, 0.15) is 23.8 Å². The Morgan fingerprint density at radius 3 is 2.89 bits per heavy atom. The second-order valence-corrected chi connectivity index (χ2v) is 8.08. The number of imidazole rings is 1. The Hall–Kier alpha value is -2.50. The largest absolute Gasteiger partial charge is 0.364 e. The van der Waals surface area contributed by atoms with E-state index in [1.54, 1.807) is 12.1 Å². The number of fused-ring (bicyclic) bond motifs is 1. The quantitative estimate of drug-likeness (QED) is 0.686. The minimum Gasteiger partial charge on any atom is -0.364 e. The topological polar surface area (TPSA) is 30.3 Å². The first kappa shape index (κ1) is 17.6. The van der Waals surface area contributed by atoms with Gasteiger partial charge < -0.3 is 9.30 Å². The van der Waals surface area contributed by atoms with Crippen LogP contribution in [0.2, 0.25) is 0 Å². The van der Waals surface area contributed by atoms with Crippen LogP contribution in [0.25, 0.3) is 11.3 Å². The molecule has 3 heterocycles. The number of hydrogen-bond acceptors (Lipinski definition) is 3. The Morgan fingerprint density at radius 2 is 2.04 bits per heavy atom. The van der Waals surface area contributed by atoms with Crippen LogP contribution < -0.4 is 0 Å². The van der Waals surface area contributed by atoms with E-state index in [1.807, 2.05) is 12.3 Å². The maximum absolute atomic E-state index is 13.7. The van der Waals surface area contributed by atoms with Gasteiger partial charge in [0, 0.05) is 25.2 Å². The molecule has 2 aliphatic rings. The van der Waals surface area contributed by atoms with Gasteiger partial charge in [0.2, 0.25) is 0 Å². The number of aromatic nitrogens is 2. The molecule has 1 atom stereocenters. The van der Waals surface area contributed by atoms with Gasteiger partial charge in [-0.15, -0.1) is 0 Å². The lowest BCUT2D eigenvalue weighted by Gasteiger charge is -2.35. The van der Waals surface area contributed by atoms with E-state index < -0.39 is 0 Å². The van der Waals surface area contributed by atoms with Crippen LogP contribution in [-0.4, -0.2) is 33.1 Å². The predicted octanol–water partition coefficient (Wildman–Crippen LogP) is 4.17. The van der Waals surface area contributed by atoms with Gasteiger partial charge in [-0.1, -0.05) is 42.0 Å². The number of likely N-dealkylation sites (tertiary alicyclic amines) is 1. The summed E-state index contributed by atoms with van der Waals surface area (Å²) in [6.07, 6.45) is 2.84. The highest BCUT2D eigenvalue weighted by Gasteiger charge is 2.43. The fraction of sp³-hybridized carbons (Fsp3) is 0.348. The average molecular weight is 377 g/mol. The summed E-state index contributed by atoms with van der Waals surface area (Å²) in [6.45, 7) is 6.27. The maximum atomic E-state index is 13.7. The van der Waals surface area contributed by atoms with Crippen LogP contribution in [0.5, 0.6) is 0 Å². The monoisotopic (exact) mass is 377 g/mol. The summed E-state index contributed by atoms with van der Waals surface area (Å²) in [4.78, 5) is 6.99. The number of benzene rings is 2. The van der Waals surface area contributed by atoms with E-state index >= 15 is 0 Å². The molecule has 1 saturated heterocycles. The van der Waals surface area contributed by atoms with E-state index in [1.165, 1.54) is 17.2 Å². The van der Waals surface area contributed by atoms with E-state index in [4.69, 9.17) is 4.74 Å². The predicted molar refractivity (Wildman–Crippen MR) is 106 cm³/mol. The molecule has 2 aliphatic heterocycles. The van der Waals surface area contributed by atoms with Gasteiger partial charge in [0.25, 0.3) is 0 Å². The fourth-order valence-electron chi connectivity index (χ4n) is 4.51. The molecule has 5 heteroatoms. The molecular weight excluding hydrogens is 353 g/mol. The van der Waals surface area contributed by atoms with Crippen molar-refractivity contribution in [2.75, 3.05) is 13.1 Å². The van der Waals surface area contributed by atoms with E-state index in [0.29, 0.717) is 6.61 Å². The van der Waals surface area contributed by atoms with E-state index in [-0.39, 0.29) is 11.4 Å². The van der Waals surface area contributed by atoms with E-state index in [2.05, 4.69) is 45.6 Å². The summed E-state index contributed by atoms with van der Waals surface area (Å²) in [6, 6.07) is 15.4. The molecule has 0 N–H and O–H groups in total. The highest BCUT2D eigenvalue weighted by molar-refractivity contribution is 5.59. The van der Waals surface area contributed by atoms with Crippen molar-refractivity contribution in [1.29, 1.82) is 0 Å². The Labute approximate surface area is 164 Å². The first-order valence-electron chi connectivity index (χ1n) is 9.82. The summed E-state index contributed by atoms with van der Waals surface area (Å²) in [5.41, 5.74) is 4.28. The first-order chi connectivity index (χ1) is 13.6. The number of hydrogen-bond donors (Lipinski definition) is 0. The van der Waals surface area contributed by atoms with Crippen molar-refractivity contribution in [3.63, 3.8) is 0 Å². The number of ether oxygens (including phenoxy) is 1. The molecule has 1 fully saturated rings. The molecule has 0 radical (unpaired) electrons. The van der Waals surface area contributed by atoms with Crippen molar-refractivity contribution < 1.29 is 9.13 Å². The highest BCUT2D eigenvalue weighted by atomic mass is 19.1. The zero-order valence-corrected chi connectivity index (χ0v) is 16.1. The van der Waals surface area contributed by atoms with E-state index in [0.717, 1.165) is 49.7 Å². The van der Waals surface area contributed by atoms with Crippen molar-refractivity contribution in [1.82, 2.24) is 14.5 Å². The molecule has 2 aromatic carbocycles. The molecule has 28 heavy (non-hydrogen) atoms. The van der Waals surface area contributed by atoms with Crippen molar-refractivity contribution in [3.05, 3.63) is 77.5 Å². The molecule has 144 valence electrons. The Morgan fingerprint density at radius 1 is 1.14 bits per heavy atom. The van der Waals surface area contributed by atoms with Crippen molar-refractivity contribution in [2.45, 2.75) is 38.6 Å². The minimum absolute atomic E-state index is 0.195. The van der Waals surface area contributed by atoms with Crippen LogP contribution >= 0.6 is 0 Å². The van der Waals surface area contributed by atoms with Gasteiger partial charge in [0.05, 0.1) is 18.4 Å². The minimum atomic E-state index is -0.222. The van der Waals surface area contributed by atoms with Gasteiger partial charge in [-0.25, -0.2) is 9.37 Å². The van der Waals surface area contributed by atoms with Gasteiger partial charge in [-0.05, 0) is 31.0 Å². The van der Waals surface area contributed by atoms with Crippen LogP contribution in [0.4, 0.5) is 4.39 Å². The third-order valence-corrected chi connectivity index (χ3v) is 5.90. The lowest BCUT2D eigenvalue weighted by Crippen LogP contribution is -2.44. The smallest absolute Gasteiger partial charge is 0.135 e. The molecule has 4 nitrogen and oxygen atoms in total. The summed E-state index contributed by atoms with van der Waals surface area (Å²) in [7, 11) is 0. The molecule has 0 saturated carbocycles. The van der Waals surface area contributed by atoms with Crippen molar-refractivity contribution in [3.8, 4) is 11.3 Å². The molecule has 0 bridgehead atoms. The number of aryl methyl sites for hydroxylation is 1. The second kappa shape index (κ2) is 6.83. The normalized spacial score (nSPS) is 21.9. The zero-order chi connectivity index (χ0) is 19.1. The van der Waals surface area contributed by atoms with Gasteiger partial charge >= 0.3 is 0 Å². The highest BCUT2D eigenvalue weighted by Crippen LogP contribution is 2.35. The molecule has 0 amide bonds. The third-order valence-electron chi connectivity index (χ3n) is 5.90. The molecule has 1 spiro atoms. The van der Waals surface area contributed by atoms with Crippen LogP contribution in [0.15, 0.2) is 54.7 Å². The average Bonchev–Trinajstić information content (AvgIpc) is 3.26. The van der Waals surface area contributed by atoms with Gasteiger partial charge in [0.15, 0.2) is 0 Å². The van der Waals surface area contributed by atoms with E-state index in [9.17, 15) is 4.39 Å². The SMILES string of the molecule is Cc1cccc(CN2CC[C@]3(C2)Cn2c(-c4cccc(F)c4)cnc2CO3)c1. The Kier molecular flexibility index (Phi) is 4.29. The van der Waals surface area contributed by atoms with Crippen molar-refractivity contribution in [2.24, 2.45) is 0 Å². The van der Waals surface area contributed by atoms with Crippen LogP contribution in [0, 0.1) is 12.7 Å². The molecule has 0 aliphatic carbocycles. The number of rotatable bonds is 3. The second-order valence-electron chi connectivity index (χ2n) is 8.08. The molecular formula is C23H24FN3O. The summed E-state index contributed by atoms with van der Waals surface area (Å²) in [5.74, 6) is 0.696. The molecule has 0 unspecified atom stereocenters. The lowest BCUT2D eigenvalue weighted by atomic mass is 10.0. The zero-order valence-electron chi connectivity index (χ0n) is 16.1. The maximum Gasteiger partial charge on any atom is 0.135 e. The number of halogens is 1. The molecule has 1 aromatic heterocycles.